The molecule has 1 aliphatic rings. The molecule has 2 amide bonds. The molecule has 0 saturated heterocycles. The van der Waals surface area contributed by atoms with Gasteiger partial charge in [0.25, 0.3) is 11.8 Å². The van der Waals surface area contributed by atoms with Gasteiger partial charge in [0.1, 0.15) is 5.00 Å². The number of carbonyl (C=O) groups is 2. The van der Waals surface area contributed by atoms with Crippen molar-refractivity contribution in [2.75, 3.05) is 11.9 Å². The number of nitrogens with two attached hydrogens (primary N) is 1. The van der Waals surface area contributed by atoms with Crippen LogP contribution in [0.4, 0.5) is 5.00 Å². The number of nitrogens with zero attached hydrogens (tertiary/aromatic N) is 3. The largest absolute Gasteiger partial charge is 0.365 e. The van der Waals surface area contributed by atoms with E-state index in [1.807, 2.05) is 6.92 Å². The Morgan fingerprint density at radius 2 is 2.20 bits per heavy atom. The van der Waals surface area contributed by atoms with E-state index >= 15 is 0 Å². The highest BCUT2D eigenvalue weighted by atomic mass is 32.1. The molecule has 7 nitrogen and oxygen atoms in total. The number of hydrogen-bond donors (Lipinski definition) is 2. The van der Waals surface area contributed by atoms with Gasteiger partial charge in [-0.15, -0.1) is 11.3 Å². The molecule has 2 aromatic heterocycles. The van der Waals surface area contributed by atoms with Gasteiger partial charge < -0.3 is 11.1 Å². The third kappa shape index (κ3) is 3.45. The van der Waals surface area contributed by atoms with Crippen LogP contribution in [0.25, 0.3) is 0 Å². The lowest BCUT2D eigenvalue weighted by Crippen LogP contribution is -2.35. The summed E-state index contributed by atoms with van der Waals surface area (Å²) in [6.45, 7) is 8.61. The maximum atomic E-state index is 12.5. The highest BCUT2D eigenvalue weighted by molar-refractivity contribution is 7.17. The lowest BCUT2D eigenvalue weighted by molar-refractivity contribution is 0.0999. The van der Waals surface area contributed by atoms with Crippen molar-refractivity contribution >= 4 is 28.2 Å². The Labute approximate surface area is 150 Å². The first kappa shape index (κ1) is 17.6. The van der Waals surface area contributed by atoms with Crippen molar-refractivity contribution in [2.24, 2.45) is 5.73 Å². The number of amides is 2. The highest BCUT2D eigenvalue weighted by Crippen LogP contribution is 2.37. The summed E-state index contributed by atoms with van der Waals surface area (Å²) >= 11 is 1.44. The van der Waals surface area contributed by atoms with Gasteiger partial charge in [-0.25, -0.2) is 0 Å². The molecular formula is C17H23N5O2S. The van der Waals surface area contributed by atoms with Crippen LogP contribution >= 0.6 is 11.3 Å². The Morgan fingerprint density at radius 1 is 1.44 bits per heavy atom. The second kappa shape index (κ2) is 6.97. The van der Waals surface area contributed by atoms with Crippen LogP contribution in [0.1, 0.15) is 52.1 Å². The monoisotopic (exact) mass is 361 g/mol. The SMILES string of the molecule is CCn1ccc(C(=O)Nc2sc3c(c2C(N)=O)CCN(C(C)C)C3)n1. The number of rotatable bonds is 5. The molecule has 3 rings (SSSR count). The Hall–Kier alpha value is -2.19. The summed E-state index contributed by atoms with van der Waals surface area (Å²) in [5.41, 5.74) is 7.35. The number of anilines is 1. The van der Waals surface area contributed by atoms with Crippen molar-refractivity contribution < 1.29 is 9.59 Å². The van der Waals surface area contributed by atoms with E-state index in [1.165, 1.54) is 11.3 Å². The summed E-state index contributed by atoms with van der Waals surface area (Å²) in [5, 5.41) is 7.56. The minimum absolute atomic E-state index is 0.325. The molecule has 0 fully saturated rings. The van der Waals surface area contributed by atoms with Crippen molar-refractivity contribution in [2.45, 2.75) is 46.3 Å². The van der Waals surface area contributed by atoms with Gasteiger partial charge in [-0.3, -0.25) is 19.2 Å². The Morgan fingerprint density at radius 3 is 2.80 bits per heavy atom. The quantitative estimate of drug-likeness (QED) is 0.853. The van der Waals surface area contributed by atoms with Gasteiger partial charge in [0, 0.05) is 36.8 Å². The fourth-order valence-corrected chi connectivity index (χ4v) is 4.31. The summed E-state index contributed by atoms with van der Waals surface area (Å²) in [4.78, 5) is 27.9. The van der Waals surface area contributed by atoms with Crippen LogP contribution in [-0.4, -0.2) is 39.1 Å². The lowest BCUT2D eigenvalue weighted by Gasteiger charge is -2.30. The predicted octanol–water partition coefficient (Wildman–Crippen LogP) is 2.08. The van der Waals surface area contributed by atoms with Gasteiger partial charge in [-0.1, -0.05) is 0 Å². The molecule has 0 saturated carbocycles. The topological polar surface area (TPSA) is 93.2 Å². The zero-order valence-electron chi connectivity index (χ0n) is 14.7. The van der Waals surface area contributed by atoms with Crippen LogP contribution in [0.5, 0.6) is 0 Å². The number of hydrogen-bond acceptors (Lipinski definition) is 5. The Balaban J connectivity index is 1.88. The van der Waals surface area contributed by atoms with Crippen LogP contribution in [0, 0.1) is 0 Å². The van der Waals surface area contributed by atoms with E-state index < -0.39 is 5.91 Å². The summed E-state index contributed by atoms with van der Waals surface area (Å²) in [5.74, 6) is -0.820. The van der Waals surface area contributed by atoms with E-state index in [2.05, 4.69) is 29.2 Å². The van der Waals surface area contributed by atoms with Crippen molar-refractivity contribution in [3.05, 3.63) is 34.0 Å². The summed E-state index contributed by atoms with van der Waals surface area (Å²) in [6.07, 6.45) is 2.52. The van der Waals surface area contributed by atoms with Crippen molar-refractivity contribution in [1.82, 2.24) is 14.7 Å². The zero-order valence-corrected chi connectivity index (χ0v) is 15.5. The van der Waals surface area contributed by atoms with Crippen LogP contribution in [0.3, 0.4) is 0 Å². The van der Waals surface area contributed by atoms with Gasteiger partial charge in [-0.2, -0.15) is 5.10 Å². The van der Waals surface area contributed by atoms with Gasteiger partial charge >= 0.3 is 0 Å². The summed E-state index contributed by atoms with van der Waals surface area (Å²) < 4.78 is 1.68. The molecule has 2 aromatic rings. The van der Waals surface area contributed by atoms with Crippen LogP contribution in [-0.2, 0) is 19.5 Å². The number of thiophene rings is 1. The van der Waals surface area contributed by atoms with E-state index in [4.69, 9.17) is 5.73 Å². The number of aromatic nitrogens is 2. The highest BCUT2D eigenvalue weighted by Gasteiger charge is 2.28. The molecule has 0 atom stereocenters. The summed E-state index contributed by atoms with van der Waals surface area (Å²) in [6, 6.07) is 2.10. The van der Waals surface area contributed by atoms with Crippen LogP contribution in [0.2, 0.25) is 0 Å². The van der Waals surface area contributed by atoms with Gasteiger partial charge in [0.05, 0.1) is 5.56 Å². The minimum atomic E-state index is -0.495. The fraction of sp³-hybridized carbons (Fsp3) is 0.471. The van der Waals surface area contributed by atoms with E-state index in [0.29, 0.717) is 28.8 Å². The Kier molecular flexibility index (Phi) is 4.91. The van der Waals surface area contributed by atoms with Gasteiger partial charge in [0.15, 0.2) is 5.69 Å². The van der Waals surface area contributed by atoms with Gasteiger partial charge in [0.2, 0.25) is 0 Å². The number of fused-ring (bicyclic) bond motifs is 1. The minimum Gasteiger partial charge on any atom is -0.365 e. The number of carbonyl (C=O) groups excluding carboxylic acids is 2. The average molecular weight is 361 g/mol. The molecule has 0 aromatic carbocycles. The first-order chi connectivity index (χ1) is 11.9. The zero-order chi connectivity index (χ0) is 18.1. The molecule has 3 heterocycles. The van der Waals surface area contributed by atoms with E-state index in [0.717, 1.165) is 30.0 Å². The van der Waals surface area contributed by atoms with E-state index in [1.54, 1.807) is 16.9 Å². The number of nitrogens with one attached hydrogen (secondary N) is 1. The third-order valence-electron chi connectivity index (χ3n) is 4.49. The molecule has 0 radical (unpaired) electrons. The van der Waals surface area contributed by atoms with Crippen LogP contribution < -0.4 is 11.1 Å². The molecule has 3 N–H and O–H groups in total. The molecule has 0 bridgehead atoms. The molecule has 0 aliphatic carbocycles. The smallest absolute Gasteiger partial charge is 0.276 e. The number of aryl methyl sites for hydroxylation is 1. The molecule has 134 valence electrons. The first-order valence-electron chi connectivity index (χ1n) is 8.43. The van der Waals surface area contributed by atoms with Crippen molar-refractivity contribution in [3.63, 3.8) is 0 Å². The molecular weight excluding hydrogens is 338 g/mol. The second-order valence-corrected chi connectivity index (χ2v) is 7.50. The molecule has 25 heavy (non-hydrogen) atoms. The van der Waals surface area contributed by atoms with Crippen LogP contribution in [0.15, 0.2) is 12.3 Å². The van der Waals surface area contributed by atoms with E-state index in [9.17, 15) is 9.59 Å². The standard InChI is InChI=1S/C17H23N5O2S/c1-4-22-8-6-12(20-22)16(24)19-17-14(15(18)23)11-5-7-21(10(2)3)9-13(11)25-17/h6,8,10H,4-5,7,9H2,1-3H3,(H2,18,23)(H,19,24). The predicted molar refractivity (Wildman–Crippen MR) is 97.9 cm³/mol. The maximum Gasteiger partial charge on any atom is 0.276 e. The summed E-state index contributed by atoms with van der Waals surface area (Å²) in [7, 11) is 0. The van der Waals surface area contributed by atoms with E-state index in [-0.39, 0.29) is 5.91 Å². The lowest BCUT2D eigenvalue weighted by atomic mass is 10.0. The van der Waals surface area contributed by atoms with Gasteiger partial charge in [-0.05, 0) is 38.8 Å². The fourth-order valence-electron chi connectivity index (χ4n) is 3.04. The molecule has 0 unspecified atom stereocenters. The molecule has 1 aliphatic heterocycles. The maximum absolute atomic E-state index is 12.5. The molecule has 8 heteroatoms. The second-order valence-electron chi connectivity index (χ2n) is 6.40. The average Bonchev–Trinajstić information content (AvgIpc) is 3.17. The Bertz CT molecular complexity index is 808. The van der Waals surface area contributed by atoms with Crippen molar-refractivity contribution in [3.8, 4) is 0 Å². The molecule has 0 spiro atoms. The third-order valence-corrected chi connectivity index (χ3v) is 5.62. The van der Waals surface area contributed by atoms with Crippen molar-refractivity contribution in [1.29, 1.82) is 0 Å². The number of primary amides is 1. The first-order valence-corrected chi connectivity index (χ1v) is 9.25. The normalized spacial score (nSPS) is 14.6.